The highest BCUT2D eigenvalue weighted by Gasteiger charge is 2.22. The van der Waals surface area contributed by atoms with Gasteiger partial charge in [0, 0.05) is 0 Å². The first-order chi connectivity index (χ1) is 7.33. The quantitative estimate of drug-likeness (QED) is 0.878. The van der Waals surface area contributed by atoms with Crippen LogP contribution in [0, 0.1) is 11.7 Å². The molecule has 0 aliphatic rings. The van der Waals surface area contributed by atoms with Crippen molar-refractivity contribution in [3.8, 4) is 0 Å². The topological polar surface area (TPSA) is 54.4 Å². The van der Waals surface area contributed by atoms with Crippen LogP contribution in [0.3, 0.4) is 0 Å². The second-order valence-electron chi connectivity index (χ2n) is 4.05. The minimum atomic E-state index is -3.62. The maximum atomic E-state index is 12.9. The zero-order chi connectivity index (χ0) is 12.3. The van der Waals surface area contributed by atoms with Gasteiger partial charge in [0.2, 0.25) is 0 Å². The second kappa shape index (κ2) is 4.93. The lowest BCUT2D eigenvalue weighted by molar-refractivity contribution is 0.147. The maximum absolute atomic E-state index is 12.9. The maximum Gasteiger partial charge on any atom is 0.181 e. The van der Waals surface area contributed by atoms with Crippen LogP contribution in [0.4, 0.5) is 4.39 Å². The molecule has 1 unspecified atom stereocenters. The van der Waals surface area contributed by atoms with Crippen molar-refractivity contribution in [1.82, 2.24) is 0 Å². The molecule has 1 aromatic carbocycles. The molecule has 0 spiro atoms. The summed E-state index contributed by atoms with van der Waals surface area (Å²) in [5, 5.41) is 9.52. The fraction of sp³-hybridized carbons (Fsp3) is 0.455. The van der Waals surface area contributed by atoms with Gasteiger partial charge in [0.25, 0.3) is 0 Å². The van der Waals surface area contributed by atoms with Gasteiger partial charge < -0.3 is 5.11 Å². The summed E-state index contributed by atoms with van der Waals surface area (Å²) in [4.78, 5) is -0.0906. The van der Waals surface area contributed by atoms with Gasteiger partial charge in [-0.05, 0) is 24.1 Å². The van der Waals surface area contributed by atoms with Crippen molar-refractivity contribution in [3.05, 3.63) is 30.1 Å². The summed E-state index contributed by atoms with van der Waals surface area (Å²) in [6.07, 6.45) is -0.937. The third kappa shape index (κ3) is 3.28. The molecule has 1 N–H and O–H groups in total. The summed E-state index contributed by atoms with van der Waals surface area (Å²) in [7, 11) is -3.62. The number of aliphatic hydroxyl groups is 1. The van der Waals surface area contributed by atoms with Gasteiger partial charge >= 0.3 is 0 Å². The Labute approximate surface area is 94.8 Å². The SMILES string of the molecule is CC(C)C(O)CS(=O)(=O)c1cccc(F)c1. The predicted molar refractivity (Wildman–Crippen MR) is 59.3 cm³/mol. The largest absolute Gasteiger partial charge is 0.392 e. The molecule has 0 fully saturated rings. The molecule has 0 saturated heterocycles. The van der Waals surface area contributed by atoms with E-state index >= 15 is 0 Å². The normalized spacial score (nSPS) is 14.1. The van der Waals surface area contributed by atoms with E-state index in [9.17, 15) is 17.9 Å². The van der Waals surface area contributed by atoms with Gasteiger partial charge in [-0.2, -0.15) is 0 Å². The van der Waals surface area contributed by atoms with Crippen LogP contribution in [0.15, 0.2) is 29.2 Å². The summed E-state index contributed by atoms with van der Waals surface area (Å²) < 4.78 is 36.4. The first-order valence-corrected chi connectivity index (χ1v) is 6.64. The Morgan fingerprint density at radius 3 is 2.50 bits per heavy atom. The highest BCUT2D eigenvalue weighted by Crippen LogP contribution is 2.15. The van der Waals surface area contributed by atoms with Crippen LogP contribution in [0.25, 0.3) is 0 Å². The Hall–Kier alpha value is -0.940. The molecule has 0 aliphatic carbocycles. The lowest BCUT2D eigenvalue weighted by atomic mass is 10.1. The van der Waals surface area contributed by atoms with E-state index in [-0.39, 0.29) is 16.6 Å². The van der Waals surface area contributed by atoms with E-state index in [1.807, 2.05) is 0 Å². The van der Waals surface area contributed by atoms with E-state index in [1.165, 1.54) is 18.2 Å². The van der Waals surface area contributed by atoms with E-state index in [0.717, 1.165) is 6.07 Å². The van der Waals surface area contributed by atoms with Crippen molar-refractivity contribution >= 4 is 9.84 Å². The molecular weight excluding hydrogens is 231 g/mol. The lowest BCUT2D eigenvalue weighted by Gasteiger charge is -2.14. The molecule has 16 heavy (non-hydrogen) atoms. The van der Waals surface area contributed by atoms with Crippen molar-refractivity contribution in [1.29, 1.82) is 0 Å². The lowest BCUT2D eigenvalue weighted by Crippen LogP contribution is -2.25. The molecule has 0 saturated carbocycles. The molecule has 3 nitrogen and oxygen atoms in total. The Morgan fingerprint density at radius 1 is 1.38 bits per heavy atom. The Bertz CT molecular complexity index is 454. The van der Waals surface area contributed by atoms with Crippen molar-refractivity contribution in [2.75, 3.05) is 5.75 Å². The summed E-state index contributed by atoms with van der Waals surface area (Å²) in [5.74, 6) is -1.13. The summed E-state index contributed by atoms with van der Waals surface area (Å²) >= 11 is 0. The Balaban J connectivity index is 2.95. The predicted octanol–water partition coefficient (Wildman–Crippen LogP) is 1.62. The van der Waals surface area contributed by atoms with Crippen LogP contribution in [0.5, 0.6) is 0 Å². The van der Waals surface area contributed by atoms with E-state index in [1.54, 1.807) is 13.8 Å². The molecular formula is C11H15FO3S. The zero-order valence-corrected chi connectivity index (χ0v) is 10.0. The number of halogens is 1. The van der Waals surface area contributed by atoms with Crippen LogP contribution in [-0.2, 0) is 9.84 Å². The van der Waals surface area contributed by atoms with Crippen LogP contribution < -0.4 is 0 Å². The van der Waals surface area contributed by atoms with Gasteiger partial charge in [-0.3, -0.25) is 0 Å². The van der Waals surface area contributed by atoms with Crippen molar-refractivity contribution in [3.63, 3.8) is 0 Å². The molecule has 0 amide bonds. The Morgan fingerprint density at radius 2 is 2.00 bits per heavy atom. The van der Waals surface area contributed by atoms with Crippen molar-refractivity contribution < 1.29 is 17.9 Å². The van der Waals surface area contributed by atoms with Gasteiger partial charge in [0.15, 0.2) is 9.84 Å². The van der Waals surface area contributed by atoms with Crippen molar-refractivity contribution in [2.24, 2.45) is 5.92 Å². The average Bonchev–Trinajstić information content (AvgIpc) is 2.17. The fourth-order valence-electron chi connectivity index (χ4n) is 1.17. The molecule has 1 aromatic rings. The molecule has 5 heteroatoms. The molecule has 90 valence electrons. The van der Waals surface area contributed by atoms with Gasteiger partial charge in [-0.25, -0.2) is 12.8 Å². The molecule has 0 heterocycles. The molecule has 0 aromatic heterocycles. The molecule has 1 atom stereocenters. The van der Waals surface area contributed by atoms with Crippen LogP contribution >= 0.6 is 0 Å². The molecule has 1 rings (SSSR count). The van der Waals surface area contributed by atoms with Crippen molar-refractivity contribution in [2.45, 2.75) is 24.8 Å². The first kappa shape index (κ1) is 13.1. The number of aliphatic hydroxyl groups excluding tert-OH is 1. The minimum absolute atomic E-state index is 0.0906. The molecule has 0 radical (unpaired) electrons. The summed E-state index contributed by atoms with van der Waals surface area (Å²) in [6, 6.07) is 4.80. The molecule has 0 bridgehead atoms. The summed E-state index contributed by atoms with van der Waals surface area (Å²) in [6.45, 7) is 3.46. The monoisotopic (exact) mass is 246 g/mol. The highest BCUT2D eigenvalue weighted by molar-refractivity contribution is 7.91. The third-order valence-corrected chi connectivity index (χ3v) is 4.07. The van der Waals surface area contributed by atoms with Crippen LogP contribution in [0.2, 0.25) is 0 Å². The van der Waals surface area contributed by atoms with Crippen LogP contribution in [-0.4, -0.2) is 25.4 Å². The number of rotatable bonds is 4. The van der Waals surface area contributed by atoms with E-state index in [2.05, 4.69) is 0 Å². The van der Waals surface area contributed by atoms with Crippen LogP contribution in [0.1, 0.15) is 13.8 Å². The van der Waals surface area contributed by atoms with E-state index < -0.39 is 21.8 Å². The third-order valence-electron chi connectivity index (χ3n) is 2.31. The summed E-state index contributed by atoms with van der Waals surface area (Å²) in [5.41, 5.74) is 0. The van der Waals surface area contributed by atoms with E-state index in [4.69, 9.17) is 0 Å². The fourth-order valence-corrected chi connectivity index (χ4v) is 2.78. The smallest absolute Gasteiger partial charge is 0.181 e. The van der Waals surface area contributed by atoms with Gasteiger partial charge in [-0.15, -0.1) is 0 Å². The van der Waals surface area contributed by atoms with Gasteiger partial charge in [0.05, 0.1) is 16.8 Å². The van der Waals surface area contributed by atoms with Gasteiger partial charge in [0.1, 0.15) is 5.82 Å². The zero-order valence-electron chi connectivity index (χ0n) is 9.22. The highest BCUT2D eigenvalue weighted by atomic mass is 32.2. The first-order valence-electron chi connectivity index (χ1n) is 4.99. The Kier molecular flexibility index (Phi) is 4.04. The number of benzene rings is 1. The molecule has 0 aliphatic heterocycles. The van der Waals surface area contributed by atoms with Gasteiger partial charge in [-0.1, -0.05) is 19.9 Å². The number of sulfone groups is 1. The standard InChI is InChI=1S/C11H15FO3S/c1-8(2)11(13)7-16(14,15)10-5-3-4-9(12)6-10/h3-6,8,11,13H,7H2,1-2H3. The number of hydrogen-bond donors (Lipinski definition) is 1. The number of hydrogen-bond acceptors (Lipinski definition) is 3. The minimum Gasteiger partial charge on any atom is -0.392 e. The average molecular weight is 246 g/mol. The van der Waals surface area contributed by atoms with E-state index in [0.29, 0.717) is 0 Å². The second-order valence-corrected chi connectivity index (χ2v) is 6.08.